The van der Waals surface area contributed by atoms with E-state index in [-0.39, 0.29) is 0 Å². The molecule has 2 aromatic rings. The van der Waals surface area contributed by atoms with Crippen molar-refractivity contribution < 1.29 is 9.90 Å². The van der Waals surface area contributed by atoms with Crippen molar-refractivity contribution in [2.24, 2.45) is 0 Å². The van der Waals surface area contributed by atoms with Crippen LogP contribution >= 0.6 is 0 Å². The molecule has 0 unspecified atom stereocenters. The maximum atomic E-state index is 11.1. The Morgan fingerprint density at radius 3 is 2.32 bits per heavy atom. The van der Waals surface area contributed by atoms with Crippen LogP contribution in [0.4, 0.5) is 5.69 Å². The van der Waals surface area contributed by atoms with Crippen LogP contribution in [0.5, 0.6) is 0 Å². The standard InChI is InChI=1S/C16H17NO2/c1-2-12-7-9-13(10-8-12)11-17-15-6-4-3-5-14(15)16(18)19/h3-10,17H,2,11H2,1H3,(H,18,19). The number of hydrogen-bond donors (Lipinski definition) is 2. The number of aromatic carboxylic acids is 1. The van der Waals surface area contributed by atoms with E-state index < -0.39 is 5.97 Å². The van der Waals surface area contributed by atoms with Gasteiger partial charge in [0.05, 0.1) is 5.56 Å². The second-order valence-electron chi connectivity index (χ2n) is 4.37. The molecule has 0 aliphatic rings. The van der Waals surface area contributed by atoms with Crippen LogP contribution in [0, 0.1) is 0 Å². The largest absolute Gasteiger partial charge is 0.478 e. The molecule has 3 heteroatoms. The summed E-state index contributed by atoms with van der Waals surface area (Å²) in [7, 11) is 0. The number of benzene rings is 2. The van der Waals surface area contributed by atoms with Gasteiger partial charge in [-0.1, -0.05) is 43.3 Å². The third-order valence-corrected chi connectivity index (χ3v) is 3.07. The molecule has 0 aliphatic carbocycles. The Bertz CT molecular complexity index is 561. The van der Waals surface area contributed by atoms with Crippen molar-refractivity contribution in [2.75, 3.05) is 5.32 Å². The molecule has 0 radical (unpaired) electrons. The highest BCUT2D eigenvalue weighted by molar-refractivity contribution is 5.94. The van der Waals surface area contributed by atoms with Gasteiger partial charge in [0.25, 0.3) is 0 Å². The summed E-state index contributed by atoms with van der Waals surface area (Å²) in [6.45, 7) is 2.74. The minimum atomic E-state index is -0.913. The Hall–Kier alpha value is -2.29. The molecule has 2 aromatic carbocycles. The van der Waals surface area contributed by atoms with Crippen LogP contribution in [0.1, 0.15) is 28.4 Å². The van der Waals surface area contributed by atoms with E-state index in [1.165, 1.54) is 5.56 Å². The lowest BCUT2D eigenvalue weighted by atomic mass is 10.1. The molecule has 0 heterocycles. The maximum Gasteiger partial charge on any atom is 0.337 e. The van der Waals surface area contributed by atoms with E-state index in [4.69, 9.17) is 5.11 Å². The van der Waals surface area contributed by atoms with Gasteiger partial charge in [-0.2, -0.15) is 0 Å². The van der Waals surface area contributed by atoms with Gasteiger partial charge in [0.15, 0.2) is 0 Å². The van der Waals surface area contributed by atoms with Crippen molar-refractivity contribution in [3.8, 4) is 0 Å². The molecule has 0 fully saturated rings. The van der Waals surface area contributed by atoms with E-state index in [0.717, 1.165) is 12.0 Å². The zero-order valence-corrected chi connectivity index (χ0v) is 10.9. The highest BCUT2D eigenvalue weighted by Gasteiger charge is 2.08. The SMILES string of the molecule is CCc1ccc(CNc2ccccc2C(=O)O)cc1. The number of rotatable bonds is 5. The molecular formula is C16H17NO2. The van der Waals surface area contributed by atoms with Crippen LogP contribution in [0.2, 0.25) is 0 Å². The van der Waals surface area contributed by atoms with Crippen LogP contribution in [-0.2, 0) is 13.0 Å². The second kappa shape index (κ2) is 6.05. The third kappa shape index (κ3) is 3.35. The van der Waals surface area contributed by atoms with Crippen LogP contribution in [0.25, 0.3) is 0 Å². The van der Waals surface area contributed by atoms with Crippen LogP contribution in [0.15, 0.2) is 48.5 Å². The van der Waals surface area contributed by atoms with Crippen LogP contribution in [-0.4, -0.2) is 11.1 Å². The molecule has 0 spiro atoms. The fourth-order valence-corrected chi connectivity index (χ4v) is 1.91. The normalized spacial score (nSPS) is 10.2. The molecular weight excluding hydrogens is 238 g/mol. The van der Waals surface area contributed by atoms with Gasteiger partial charge in [-0.15, -0.1) is 0 Å². The Kier molecular flexibility index (Phi) is 4.18. The average molecular weight is 255 g/mol. The molecule has 0 amide bonds. The predicted molar refractivity (Wildman–Crippen MR) is 76.5 cm³/mol. The van der Waals surface area contributed by atoms with E-state index in [9.17, 15) is 4.79 Å². The zero-order valence-electron chi connectivity index (χ0n) is 10.9. The molecule has 0 saturated carbocycles. The molecule has 19 heavy (non-hydrogen) atoms. The number of carboxylic acid groups (broad SMARTS) is 1. The first-order chi connectivity index (χ1) is 9.20. The molecule has 0 aromatic heterocycles. The average Bonchev–Trinajstić information content (AvgIpc) is 2.46. The lowest BCUT2D eigenvalue weighted by Crippen LogP contribution is -2.06. The van der Waals surface area contributed by atoms with Crippen LogP contribution < -0.4 is 5.32 Å². The van der Waals surface area contributed by atoms with Crippen LogP contribution in [0.3, 0.4) is 0 Å². The second-order valence-corrected chi connectivity index (χ2v) is 4.37. The first-order valence-electron chi connectivity index (χ1n) is 6.34. The van der Waals surface area contributed by atoms with E-state index in [1.807, 2.05) is 6.07 Å². The molecule has 3 nitrogen and oxygen atoms in total. The monoisotopic (exact) mass is 255 g/mol. The third-order valence-electron chi connectivity index (χ3n) is 3.07. The molecule has 98 valence electrons. The van der Waals surface area contributed by atoms with Gasteiger partial charge >= 0.3 is 5.97 Å². The maximum absolute atomic E-state index is 11.1. The van der Waals surface area contributed by atoms with Gasteiger partial charge in [0, 0.05) is 12.2 Å². The fourth-order valence-electron chi connectivity index (χ4n) is 1.91. The molecule has 2 N–H and O–H groups in total. The Morgan fingerprint density at radius 2 is 1.68 bits per heavy atom. The topological polar surface area (TPSA) is 49.3 Å². The van der Waals surface area contributed by atoms with E-state index >= 15 is 0 Å². The van der Waals surface area contributed by atoms with Gasteiger partial charge in [-0.3, -0.25) is 0 Å². The predicted octanol–water partition coefficient (Wildman–Crippen LogP) is 3.56. The Labute approximate surface area is 112 Å². The van der Waals surface area contributed by atoms with E-state index in [0.29, 0.717) is 17.8 Å². The number of carbonyl (C=O) groups is 1. The number of aryl methyl sites for hydroxylation is 1. The number of nitrogens with one attached hydrogen (secondary N) is 1. The van der Waals surface area contributed by atoms with Crippen molar-refractivity contribution in [3.05, 3.63) is 65.2 Å². The molecule has 0 atom stereocenters. The van der Waals surface area contributed by atoms with Crippen molar-refractivity contribution in [1.82, 2.24) is 0 Å². The molecule has 0 saturated heterocycles. The van der Waals surface area contributed by atoms with E-state index in [2.05, 4.69) is 36.5 Å². The summed E-state index contributed by atoms with van der Waals surface area (Å²) in [6, 6.07) is 15.3. The summed E-state index contributed by atoms with van der Waals surface area (Å²) in [6.07, 6.45) is 1.02. The molecule has 0 bridgehead atoms. The van der Waals surface area contributed by atoms with Crippen molar-refractivity contribution in [3.63, 3.8) is 0 Å². The van der Waals surface area contributed by atoms with Gasteiger partial charge in [0.2, 0.25) is 0 Å². The summed E-state index contributed by atoms with van der Waals surface area (Å²) in [5, 5.41) is 12.3. The van der Waals surface area contributed by atoms with Gasteiger partial charge in [-0.25, -0.2) is 4.79 Å². The number of anilines is 1. The van der Waals surface area contributed by atoms with Gasteiger partial charge in [-0.05, 0) is 29.7 Å². The summed E-state index contributed by atoms with van der Waals surface area (Å²) >= 11 is 0. The Morgan fingerprint density at radius 1 is 1.05 bits per heavy atom. The summed E-state index contributed by atoms with van der Waals surface area (Å²) in [5.41, 5.74) is 3.38. The summed E-state index contributed by atoms with van der Waals surface area (Å²) < 4.78 is 0. The smallest absolute Gasteiger partial charge is 0.337 e. The molecule has 2 rings (SSSR count). The zero-order chi connectivity index (χ0) is 13.7. The summed E-state index contributed by atoms with van der Waals surface area (Å²) in [4.78, 5) is 11.1. The van der Waals surface area contributed by atoms with Crippen molar-refractivity contribution >= 4 is 11.7 Å². The molecule has 0 aliphatic heterocycles. The Balaban J connectivity index is 2.07. The quantitative estimate of drug-likeness (QED) is 0.858. The van der Waals surface area contributed by atoms with Crippen molar-refractivity contribution in [2.45, 2.75) is 19.9 Å². The fraction of sp³-hybridized carbons (Fsp3) is 0.188. The van der Waals surface area contributed by atoms with Gasteiger partial charge in [0.1, 0.15) is 0 Å². The van der Waals surface area contributed by atoms with Crippen molar-refractivity contribution in [1.29, 1.82) is 0 Å². The highest BCUT2D eigenvalue weighted by Crippen LogP contribution is 2.16. The number of carboxylic acids is 1. The number of para-hydroxylation sites is 1. The lowest BCUT2D eigenvalue weighted by Gasteiger charge is -2.09. The first-order valence-corrected chi connectivity index (χ1v) is 6.34. The minimum absolute atomic E-state index is 0.299. The highest BCUT2D eigenvalue weighted by atomic mass is 16.4. The van der Waals surface area contributed by atoms with E-state index in [1.54, 1.807) is 18.2 Å². The first kappa shape index (κ1) is 13.1. The number of hydrogen-bond acceptors (Lipinski definition) is 2. The summed E-state index contributed by atoms with van der Waals surface area (Å²) in [5.74, 6) is -0.913. The minimum Gasteiger partial charge on any atom is -0.478 e. The van der Waals surface area contributed by atoms with Gasteiger partial charge < -0.3 is 10.4 Å². The lowest BCUT2D eigenvalue weighted by molar-refractivity contribution is 0.0698.